The lowest BCUT2D eigenvalue weighted by Gasteiger charge is -2.30. The zero-order chi connectivity index (χ0) is 31.4. The first-order valence-electron chi connectivity index (χ1n) is 12.8. The van der Waals surface area contributed by atoms with Crippen molar-refractivity contribution < 1.29 is 45.8 Å². The monoisotopic (exact) mass is 606 g/mol. The summed E-state index contributed by atoms with van der Waals surface area (Å²) in [5, 5.41) is 11.9. The summed E-state index contributed by atoms with van der Waals surface area (Å²) >= 11 is 0. The molecule has 3 aromatic rings. The van der Waals surface area contributed by atoms with E-state index >= 15 is 0 Å². The number of alkyl halides is 6. The molecule has 0 radical (unpaired) electrons. The van der Waals surface area contributed by atoms with E-state index in [0.717, 1.165) is 30.9 Å². The number of carbonyl (C=O) groups is 2. The van der Waals surface area contributed by atoms with Crippen LogP contribution in [0.5, 0.6) is 0 Å². The second-order valence-corrected chi connectivity index (χ2v) is 9.58. The first kappa shape index (κ1) is 31.1. The molecule has 8 nitrogen and oxygen atoms in total. The van der Waals surface area contributed by atoms with Gasteiger partial charge in [0.15, 0.2) is 0 Å². The maximum atomic E-state index is 13.7. The van der Waals surface area contributed by atoms with Crippen LogP contribution in [0.2, 0.25) is 0 Å². The summed E-state index contributed by atoms with van der Waals surface area (Å²) in [6.07, 6.45) is -9.71. The molecule has 0 bridgehead atoms. The normalized spacial score (nSPS) is 14.1. The number of hydrogen-bond acceptors (Lipinski definition) is 6. The lowest BCUT2D eigenvalue weighted by Crippen LogP contribution is -2.36. The topological polar surface area (TPSA) is 105 Å². The number of hydrogen-bond donors (Lipinski definition) is 2. The Balaban J connectivity index is 1.62. The molecule has 0 aliphatic carbocycles. The maximum Gasteiger partial charge on any atom is 0.420 e. The molecular weight excluding hydrogens is 582 g/mol. The first-order valence-corrected chi connectivity index (χ1v) is 12.8. The number of halogens is 6. The number of esters is 1. The Hall–Kier alpha value is -4.80. The molecule has 0 atom stereocenters. The van der Waals surface area contributed by atoms with Crippen LogP contribution in [0.15, 0.2) is 48.7 Å². The molecule has 0 saturated carbocycles. The highest BCUT2D eigenvalue weighted by Gasteiger charge is 2.36. The quantitative estimate of drug-likeness (QED) is 0.202. The minimum atomic E-state index is -4.91. The minimum absolute atomic E-state index is 0.147. The van der Waals surface area contributed by atoms with Crippen molar-refractivity contribution in [3.63, 3.8) is 0 Å². The summed E-state index contributed by atoms with van der Waals surface area (Å²) in [5.41, 5.74) is -2.68. The fourth-order valence-electron chi connectivity index (χ4n) is 4.62. The van der Waals surface area contributed by atoms with Crippen LogP contribution < -0.4 is 5.32 Å². The van der Waals surface area contributed by atoms with Crippen molar-refractivity contribution in [2.24, 2.45) is 0 Å². The molecule has 2 heterocycles. The zero-order valence-electron chi connectivity index (χ0n) is 22.5. The fraction of sp³-hybridized carbons (Fsp3) is 0.310. The van der Waals surface area contributed by atoms with Gasteiger partial charge in [-0.1, -0.05) is 24.1 Å². The van der Waals surface area contributed by atoms with Crippen molar-refractivity contribution in [3.8, 4) is 11.8 Å². The van der Waals surface area contributed by atoms with E-state index in [2.05, 4.69) is 31.9 Å². The summed E-state index contributed by atoms with van der Waals surface area (Å²) in [5.74, 6) is 3.45. The highest BCUT2D eigenvalue weighted by molar-refractivity contribution is 5.74. The molecule has 0 unspecified atom stereocenters. The first-order chi connectivity index (χ1) is 20.3. The largest absolute Gasteiger partial charge is 0.469 e. The third kappa shape index (κ3) is 7.73. The predicted octanol–water partition coefficient (Wildman–Crippen LogP) is 6.23. The molecule has 2 aromatic carbocycles. The van der Waals surface area contributed by atoms with Gasteiger partial charge in [-0.2, -0.15) is 26.3 Å². The average molecular weight is 607 g/mol. The van der Waals surface area contributed by atoms with Gasteiger partial charge in [0, 0.05) is 30.5 Å². The summed E-state index contributed by atoms with van der Waals surface area (Å²) in [4.78, 5) is 31.9. The summed E-state index contributed by atoms with van der Waals surface area (Å²) in [6, 6.07) is 9.89. The van der Waals surface area contributed by atoms with E-state index in [1.165, 1.54) is 4.90 Å². The number of likely N-dealkylation sites (tertiary alicyclic amines) is 1. The van der Waals surface area contributed by atoms with Crippen molar-refractivity contribution in [3.05, 3.63) is 82.2 Å². The molecule has 226 valence electrons. The molecule has 1 aliphatic heterocycles. The lowest BCUT2D eigenvalue weighted by molar-refractivity contribution is -0.142. The Morgan fingerprint density at radius 2 is 1.65 bits per heavy atom. The highest BCUT2D eigenvalue weighted by atomic mass is 19.4. The number of rotatable bonds is 5. The molecule has 1 aromatic heterocycles. The van der Waals surface area contributed by atoms with Gasteiger partial charge in [-0.3, -0.25) is 4.79 Å². The van der Waals surface area contributed by atoms with Crippen molar-refractivity contribution in [2.75, 3.05) is 25.5 Å². The van der Waals surface area contributed by atoms with Gasteiger partial charge in [0.1, 0.15) is 11.3 Å². The molecule has 43 heavy (non-hydrogen) atoms. The van der Waals surface area contributed by atoms with E-state index in [9.17, 15) is 35.9 Å². The van der Waals surface area contributed by atoms with Crippen LogP contribution >= 0.6 is 0 Å². The molecule has 1 amide bonds. The summed E-state index contributed by atoms with van der Waals surface area (Å²) < 4.78 is 86.5. The third-order valence-electron chi connectivity index (χ3n) is 6.84. The van der Waals surface area contributed by atoms with Gasteiger partial charge in [0.25, 0.3) is 0 Å². The van der Waals surface area contributed by atoms with E-state index in [0.29, 0.717) is 37.8 Å². The second-order valence-electron chi connectivity index (χ2n) is 9.58. The van der Waals surface area contributed by atoms with E-state index in [1.54, 1.807) is 12.1 Å². The Morgan fingerprint density at radius 1 is 1.00 bits per heavy atom. The SMILES string of the molecule is COC(=O)Cc1c(C#Cc2nc(Nc3ccc(C4CCN(C(=O)O)CC4)cc3)ncc2C(F)(F)F)cccc1C(F)(F)F. The van der Waals surface area contributed by atoms with Crippen LogP contribution in [-0.2, 0) is 28.3 Å². The summed E-state index contributed by atoms with van der Waals surface area (Å²) in [6.45, 7) is 0.821. The number of benzene rings is 2. The maximum absolute atomic E-state index is 13.7. The Bertz CT molecular complexity index is 1550. The van der Waals surface area contributed by atoms with Crippen LogP contribution in [0.3, 0.4) is 0 Å². The number of nitrogens with zero attached hydrogens (tertiary/aromatic N) is 3. The van der Waals surface area contributed by atoms with Crippen LogP contribution in [0, 0.1) is 11.8 Å². The molecule has 2 N–H and O–H groups in total. The van der Waals surface area contributed by atoms with Gasteiger partial charge in [0.05, 0.1) is 19.1 Å². The van der Waals surface area contributed by atoms with E-state index in [1.807, 2.05) is 12.1 Å². The Kier molecular flexibility index (Phi) is 9.13. The Morgan fingerprint density at radius 3 is 2.23 bits per heavy atom. The van der Waals surface area contributed by atoms with Crippen molar-refractivity contribution in [1.82, 2.24) is 14.9 Å². The minimum Gasteiger partial charge on any atom is -0.469 e. The summed E-state index contributed by atoms with van der Waals surface area (Å²) in [7, 11) is 0.993. The van der Waals surface area contributed by atoms with Crippen LogP contribution in [-0.4, -0.2) is 52.2 Å². The molecular formula is C29H24F6N4O4. The van der Waals surface area contributed by atoms with Crippen LogP contribution in [0.4, 0.5) is 42.8 Å². The number of aromatic nitrogens is 2. The smallest absolute Gasteiger partial charge is 0.420 e. The number of carboxylic acid groups (broad SMARTS) is 1. The molecule has 1 fully saturated rings. The number of ether oxygens (including phenoxy) is 1. The number of anilines is 2. The van der Waals surface area contributed by atoms with Gasteiger partial charge < -0.3 is 20.1 Å². The fourth-order valence-corrected chi connectivity index (χ4v) is 4.62. The van der Waals surface area contributed by atoms with Crippen molar-refractivity contribution in [1.29, 1.82) is 0 Å². The van der Waals surface area contributed by atoms with E-state index in [4.69, 9.17) is 5.11 Å². The number of carbonyl (C=O) groups excluding carboxylic acids is 1. The molecule has 1 saturated heterocycles. The number of piperidine rings is 1. The Labute approximate surface area is 241 Å². The standard InChI is InChI=1S/C29H24F6N4O4/c1-43-25(40)15-21-19(3-2-4-22(21)28(30,31)32)7-10-24-23(29(33,34)35)16-36-26(38-24)37-20-8-5-17(6-9-20)18-11-13-39(14-12-18)27(41)42/h2-6,8-9,16,18H,11-15H2,1H3,(H,41,42)(H,36,37,38). The number of methoxy groups -OCH3 is 1. The van der Waals surface area contributed by atoms with E-state index < -0.39 is 53.2 Å². The van der Waals surface area contributed by atoms with Gasteiger partial charge in [0.2, 0.25) is 5.95 Å². The molecule has 1 aliphatic rings. The van der Waals surface area contributed by atoms with Gasteiger partial charge >= 0.3 is 24.4 Å². The average Bonchev–Trinajstić information content (AvgIpc) is 2.96. The molecule has 0 spiro atoms. The molecule has 4 rings (SSSR count). The van der Waals surface area contributed by atoms with Gasteiger partial charge in [-0.15, -0.1) is 0 Å². The number of amides is 1. The van der Waals surface area contributed by atoms with Crippen molar-refractivity contribution in [2.45, 2.75) is 37.5 Å². The van der Waals surface area contributed by atoms with Gasteiger partial charge in [-0.25, -0.2) is 14.8 Å². The van der Waals surface area contributed by atoms with Crippen LogP contribution in [0.25, 0.3) is 0 Å². The second kappa shape index (κ2) is 12.6. The van der Waals surface area contributed by atoms with Crippen LogP contribution in [0.1, 0.15) is 52.3 Å². The van der Waals surface area contributed by atoms with E-state index in [-0.39, 0.29) is 17.4 Å². The third-order valence-corrected chi connectivity index (χ3v) is 6.84. The van der Waals surface area contributed by atoms with Gasteiger partial charge in [-0.05, 0) is 60.1 Å². The van der Waals surface area contributed by atoms with Crippen molar-refractivity contribution >= 4 is 23.7 Å². The predicted molar refractivity (Wildman–Crippen MR) is 141 cm³/mol. The zero-order valence-corrected chi connectivity index (χ0v) is 22.5. The highest BCUT2D eigenvalue weighted by Crippen LogP contribution is 2.35. The number of nitrogens with one attached hydrogen (secondary N) is 1. The molecule has 14 heteroatoms. The lowest BCUT2D eigenvalue weighted by atomic mass is 9.89.